The van der Waals surface area contributed by atoms with Gasteiger partial charge in [0, 0.05) is 42.7 Å². The summed E-state index contributed by atoms with van der Waals surface area (Å²) in [5, 5.41) is 3.08. The molecule has 1 aliphatic carbocycles. The van der Waals surface area contributed by atoms with Crippen LogP contribution < -0.4 is 5.32 Å². The Balaban J connectivity index is 1.34. The van der Waals surface area contributed by atoms with Gasteiger partial charge in [-0.15, -0.1) is 0 Å². The summed E-state index contributed by atoms with van der Waals surface area (Å²) in [5.74, 6) is 0.375. The summed E-state index contributed by atoms with van der Waals surface area (Å²) >= 11 is 0. The van der Waals surface area contributed by atoms with Crippen LogP contribution in [0.4, 0.5) is 0 Å². The molecule has 1 saturated heterocycles. The summed E-state index contributed by atoms with van der Waals surface area (Å²) in [4.78, 5) is 14.8. The van der Waals surface area contributed by atoms with E-state index in [2.05, 4.69) is 10.2 Å². The number of benzene rings is 1. The molecule has 1 aliphatic heterocycles. The molecule has 5 heteroatoms. The highest BCUT2D eigenvalue weighted by Gasteiger charge is 2.42. The monoisotopic (exact) mass is 340 g/mol. The third-order valence-corrected chi connectivity index (χ3v) is 5.36. The number of carbonyl (C=O) groups excluding carboxylic acids is 1. The number of hydrogen-bond donors (Lipinski definition) is 1. The second-order valence-corrected chi connectivity index (χ2v) is 6.92. The normalized spacial score (nSPS) is 26.3. The van der Waals surface area contributed by atoms with Gasteiger partial charge in [0.25, 0.3) is 5.91 Å². The van der Waals surface area contributed by atoms with Crippen LogP contribution in [0.5, 0.6) is 0 Å². The van der Waals surface area contributed by atoms with E-state index < -0.39 is 0 Å². The van der Waals surface area contributed by atoms with E-state index in [1.807, 2.05) is 42.7 Å². The van der Waals surface area contributed by atoms with Crippen LogP contribution in [-0.2, 0) is 11.3 Å². The first-order valence-electron chi connectivity index (χ1n) is 9.01. The fourth-order valence-corrected chi connectivity index (χ4v) is 4.08. The number of furan rings is 1. The molecule has 1 amide bonds. The van der Waals surface area contributed by atoms with Crippen LogP contribution >= 0.6 is 0 Å². The average Bonchev–Trinajstić information content (AvgIpc) is 3.31. The molecule has 5 nitrogen and oxygen atoms in total. The SMILES string of the molecule is O=C(NC[C@@H]1CC[C@H]2[C@@H]1OCCN2Cc1ccoc1)c1ccccc1. The van der Waals surface area contributed by atoms with E-state index in [0.717, 1.165) is 32.5 Å². The van der Waals surface area contributed by atoms with Crippen molar-refractivity contribution in [2.45, 2.75) is 31.5 Å². The Hall–Kier alpha value is -2.11. The first-order valence-corrected chi connectivity index (χ1v) is 9.01. The quantitative estimate of drug-likeness (QED) is 0.909. The molecular formula is C20H24N2O3. The third kappa shape index (κ3) is 3.62. The molecule has 2 fully saturated rings. The molecule has 0 radical (unpaired) electrons. The van der Waals surface area contributed by atoms with E-state index in [0.29, 0.717) is 24.1 Å². The van der Waals surface area contributed by atoms with Crippen LogP contribution in [0, 0.1) is 5.92 Å². The topological polar surface area (TPSA) is 54.7 Å². The number of hydrogen-bond acceptors (Lipinski definition) is 4. The van der Waals surface area contributed by atoms with Gasteiger partial charge in [0.15, 0.2) is 0 Å². The van der Waals surface area contributed by atoms with Gasteiger partial charge in [0.2, 0.25) is 0 Å². The molecule has 1 aromatic carbocycles. The molecule has 1 saturated carbocycles. The predicted octanol–water partition coefficient (Wildman–Crippen LogP) is 2.69. The van der Waals surface area contributed by atoms with Crippen molar-refractivity contribution < 1.29 is 13.9 Å². The van der Waals surface area contributed by atoms with E-state index >= 15 is 0 Å². The minimum Gasteiger partial charge on any atom is -0.472 e. The predicted molar refractivity (Wildman–Crippen MR) is 94.1 cm³/mol. The Morgan fingerprint density at radius 1 is 1.20 bits per heavy atom. The minimum atomic E-state index is -0.00453. The van der Waals surface area contributed by atoms with Crippen molar-refractivity contribution in [2.75, 3.05) is 19.7 Å². The number of fused-ring (bicyclic) bond motifs is 1. The fourth-order valence-electron chi connectivity index (χ4n) is 4.08. The van der Waals surface area contributed by atoms with Crippen molar-refractivity contribution in [1.82, 2.24) is 10.2 Å². The van der Waals surface area contributed by atoms with Gasteiger partial charge >= 0.3 is 0 Å². The van der Waals surface area contributed by atoms with Crippen molar-refractivity contribution in [3.05, 3.63) is 60.1 Å². The molecular weight excluding hydrogens is 316 g/mol. The lowest BCUT2D eigenvalue weighted by molar-refractivity contribution is -0.0757. The second-order valence-electron chi connectivity index (χ2n) is 6.92. The van der Waals surface area contributed by atoms with Crippen LogP contribution in [0.25, 0.3) is 0 Å². The molecule has 0 bridgehead atoms. The van der Waals surface area contributed by atoms with Gasteiger partial charge in [-0.2, -0.15) is 0 Å². The van der Waals surface area contributed by atoms with Crippen molar-refractivity contribution in [3.63, 3.8) is 0 Å². The van der Waals surface area contributed by atoms with E-state index in [1.165, 1.54) is 5.56 Å². The minimum absolute atomic E-state index is 0.00453. The fraction of sp³-hybridized carbons (Fsp3) is 0.450. The summed E-state index contributed by atoms with van der Waals surface area (Å²) in [7, 11) is 0. The lowest BCUT2D eigenvalue weighted by atomic mass is 10.0. The van der Waals surface area contributed by atoms with Crippen molar-refractivity contribution in [1.29, 1.82) is 0 Å². The molecule has 1 N–H and O–H groups in total. The van der Waals surface area contributed by atoms with Crippen LogP contribution in [0.1, 0.15) is 28.8 Å². The highest BCUT2D eigenvalue weighted by atomic mass is 16.5. The van der Waals surface area contributed by atoms with Crippen molar-refractivity contribution >= 4 is 5.91 Å². The standard InChI is InChI=1S/C20H24N2O3/c23-20(16-4-2-1-3-5-16)21-12-17-6-7-18-19(17)25-11-9-22(18)13-15-8-10-24-14-15/h1-5,8,10,14,17-19H,6-7,9,11-13H2,(H,21,23)/t17-,18-,19+/m0/s1. The van der Waals surface area contributed by atoms with Gasteiger partial charge in [-0.3, -0.25) is 9.69 Å². The number of amides is 1. The Morgan fingerprint density at radius 3 is 2.88 bits per heavy atom. The smallest absolute Gasteiger partial charge is 0.251 e. The zero-order valence-electron chi connectivity index (χ0n) is 14.3. The Labute approximate surface area is 148 Å². The Kier molecular flexibility index (Phi) is 4.85. The van der Waals surface area contributed by atoms with E-state index in [9.17, 15) is 4.79 Å². The van der Waals surface area contributed by atoms with E-state index in [-0.39, 0.29) is 12.0 Å². The maximum Gasteiger partial charge on any atom is 0.251 e. The van der Waals surface area contributed by atoms with Crippen LogP contribution in [0.3, 0.4) is 0 Å². The maximum atomic E-state index is 12.3. The van der Waals surface area contributed by atoms with Crippen molar-refractivity contribution in [2.24, 2.45) is 5.92 Å². The summed E-state index contributed by atoms with van der Waals surface area (Å²) in [6.45, 7) is 3.29. The summed E-state index contributed by atoms with van der Waals surface area (Å²) in [6, 6.07) is 11.8. The number of nitrogens with one attached hydrogen (secondary N) is 1. The highest BCUT2D eigenvalue weighted by molar-refractivity contribution is 5.94. The summed E-state index contributed by atoms with van der Waals surface area (Å²) in [5.41, 5.74) is 1.92. The van der Waals surface area contributed by atoms with E-state index in [1.54, 1.807) is 6.26 Å². The number of rotatable bonds is 5. The van der Waals surface area contributed by atoms with E-state index in [4.69, 9.17) is 9.15 Å². The van der Waals surface area contributed by atoms with Crippen LogP contribution in [-0.4, -0.2) is 42.6 Å². The maximum absolute atomic E-state index is 12.3. The molecule has 0 unspecified atom stereocenters. The molecule has 1 aromatic heterocycles. The Bertz CT molecular complexity index is 686. The molecule has 0 spiro atoms. The molecule has 2 aliphatic rings. The number of ether oxygens (including phenoxy) is 1. The lowest BCUT2D eigenvalue weighted by Gasteiger charge is -2.39. The molecule has 2 aromatic rings. The van der Waals surface area contributed by atoms with Crippen molar-refractivity contribution in [3.8, 4) is 0 Å². The number of nitrogens with zero attached hydrogens (tertiary/aromatic N) is 1. The highest BCUT2D eigenvalue weighted by Crippen LogP contribution is 2.35. The summed E-state index contributed by atoms with van der Waals surface area (Å²) in [6.07, 6.45) is 5.96. The number of carbonyl (C=O) groups is 1. The second kappa shape index (κ2) is 7.42. The molecule has 2 heterocycles. The first-order chi connectivity index (χ1) is 12.3. The first kappa shape index (κ1) is 16.4. The van der Waals surface area contributed by atoms with Crippen LogP contribution in [0.15, 0.2) is 53.3 Å². The van der Waals surface area contributed by atoms with Gasteiger partial charge < -0.3 is 14.5 Å². The third-order valence-electron chi connectivity index (χ3n) is 5.36. The van der Waals surface area contributed by atoms with Gasteiger partial charge in [-0.1, -0.05) is 18.2 Å². The molecule has 3 atom stereocenters. The lowest BCUT2D eigenvalue weighted by Crippen LogP contribution is -2.50. The largest absolute Gasteiger partial charge is 0.472 e. The number of morpholine rings is 1. The zero-order chi connectivity index (χ0) is 17.1. The zero-order valence-corrected chi connectivity index (χ0v) is 14.3. The van der Waals surface area contributed by atoms with Gasteiger partial charge in [0.05, 0.1) is 25.2 Å². The molecule has 25 heavy (non-hydrogen) atoms. The average molecular weight is 340 g/mol. The summed E-state index contributed by atoms with van der Waals surface area (Å²) < 4.78 is 11.3. The Morgan fingerprint density at radius 2 is 2.08 bits per heavy atom. The van der Waals surface area contributed by atoms with Gasteiger partial charge in [-0.25, -0.2) is 0 Å². The molecule has 4 rings (SSSR count). The van der Waals surface area contributed by atoms with Gasteiger partial charge in [0.1, 0.15) is 0 Å². The van der Waals surface area contributed by atoms with Gasteiger partial charge in [-0.05, 0) is 31.0 Å². The molecule has 132 valence electrons. The van der Waals surface area contributed by atoms with Crippen LogP contribution in [0.2, 0.25) is 0 Å².